The molecule has 0 radical (unpaired) electrons. The SMILES string of the molecule is CCN(C)C(=O)c1ccc(-c2ccc3c(n2)Oc2nc(C)ccc2[C@@H]3C(C)(C)C(=O)Nc2nnc(C(=O)NC(C)C)s2)cc1. The molecule has 3 aromatic heterocycles. The van der Waals surface area contributed by atoms with Crippen LogP contribution < -0.4 is 15.4 Å². The van der Waals surface area contributed by atoms with E-state index in [9.17, 15) is 14.4 Å². The zero-order chi connectivity index (χ0) is 31.8. The number of amides is 3. The van der Waals surface area contributed by atoms with E-state index < -0.39 is 11.3 Å². The van der Waals surface area contributed by atoms with E-state index in [2.05, 4.69) is 25.8 Å². The molecule has 2 N–H and O–H groups in total. The number of carbonyl (C=O) groups is 3. The maximum Gasteiger partial charge on any atom is 0.282 e. The van der Waals surface area contributed by atoms with Crippen LogP contribution in [0.3, 0.4) is 0 Å². The zero-order valence-electron chi connectivity index (χ0n) is 25.8. The summed E-state index contributed by atoms with van der Waals surface area (Å²) < 4.78 is 6.23. The predicted molar refractivity (Wildman–Crippen MR) is 168 cm³/mol. The number of ether oxygens (including phenoxy) is 1. The molecule has 11 nitrogen and oxygen atoms in total. The first kappa shape index (κ1) is 30.7. The van der Waals surface area contributed by atoms with Crippen molar-refractivity contribution >= 4 is 34.2 Å². The molecule has 0 aliphatic carbocycles. The number of nitrogens with zero attached hydrogens (tertiary/aromatic N) is 5. The average Bonchev–Trinajstić information content (AvgIpc) is 3.47. The summed E-state index contributed by atoms with van der Waals surface area (Å²) in [7, 11) is 1.77. The Bertz CT molecular complexity index is 1730. The van der Waals surface area contributed by atoms with E-state index >= 15 is 0 Å². The fraction of sp³-hybridized carbons (Fsp3) is 0.344. The van der Waals surface area contributed by atoms with Gasteiger partial charge in [0.1, 0.15) is 0 Å². The van der Waals surface area contributed by atoms with Crippen LogP contribution in [0.5, 0.6) is 11.8 Å². The van der Waals surface area contributed by atoms with Gasteiger partial charge in [-0.3, -0.25) is 14.4 Å². The number of pyridine rings is 2. The second-order valence-electron chi connectivity index (χ2n) is 11.6. The minimum atomic E-state index is -1.02. The summed E-state index contributed by atoms with van der Waals surface area (Å²) in [5.74, 6) is -0.422. The Morgan fingerprint density at radius 3 is 2.30 bits per heavy atom. The third kappa shape index (κ3) is 6.02. The van der Waals surface area contributed by atoms with Crippen LogP contribution in [-0.2, 0) is 4.79 Å². The van der Waals surface area contributed by atoms with E-state index in [0.717, 1.165) is 33.7 Å². The molecule has 0 unspecified atom stereocenters. The lowest BCUT2D eigenvalue weighted by Gasteiger charge is -2.37. The summed E-state index contributed by atoms with van der Waals surface area (Å²) in [6.45, 7) is 11.8. The van der Waals surface area contributed by atoms with Gasteiger partial charge in [0.25, 0.3) is 11.8 Å². The van der Waals surface area contributed by atoms with Gasteiger partial charge in [-0.2, -0.15) is 0 Å². The Balaban J connectivity index is 1.47. The first-order valence-electron chi connectivity index (χ1n) is 14.4. The number of benzene rings is 1. The largest absolute Gasteiger partial charge is 0.420 e. The van der Waals surface area contributed by atoms with Gasteiger partial charge in [0, 0.05) is 53.5 Å². The molecular formula is C32H35N7O4S. The maximum atomic E-state index is 13.8. The molecule has 228 valence electrons. The van der Waals surface area contributed by atoms with Crippen LogP contribution in [0, 0.1) is 12.3 Å². The number of hydrogen-bond donors (Lipinski definition) is 2. The summed E-state index contributed by atoms with van der Waals surface area (Å²) in [5.41, 5.74) is 3.31. The van der Waals surface area contributed by atoms with Crippen LogP contribution in [0.25, 0.3) is 11.3 Å². The van der Waals surface area contributed by atoms with E-state index in [4.69, 9.17) is 9.72 Å². The lowest BCUT2D eigenvalue weighted by Crippen LogP contribution is -2.38. The van der Waals surface area contributed by atoms with Gasteiger partial charge in [-0.05, 0) is 52.0 Å². The number of aryl methyl sites for hydroxylation is 1. The Kier molecular flexibility index (Phi) is 8.46. The molecule has 1 atom stereocenters. The third-order valence-corrected chi connectivity index (χ3v) is 8.39. The van der Waals surface area contributed by atoms with Crippen molar-refractivity contribution in [2.45, 2.75) is 53.5 Å². The fourth-order valence-electron chi connectivity index (χ4n) is 5.02. The normalized spacial score (nSPS) is 13.9. The van der Waals surface area contributed by atoms with Gasteiger partial charge < -0.3 is 20.3 Å². The van der Waals surface area contributed by atoms with Crippen LogP contribution >= 0.6 is 11.3 Å². The van der Waals surface area contributed by atoms with Crippen LogP contribution in [-0.4, -0.2) is 62.4 Å². The lowest BCUT2D eigenvalue weighted by molar-refractivity contribution is -0.124. The number of anilines is 1. The summed E-state index contributed by atoms with van der Waals surface area (Å²) >= 11 is 1.01. The van der Waals surface area contributed by atoms with E-state index in [1.807, 2.05) is 77.9 Å². The first-order valence-corrected chi connectivity index (χ1v) is 15.2. The van der Waals surface area contributed by atoms with Gasteiger partial charge >= 0.3 is 0 Å². The molecule has 5 rings (SSSR count). The van der Waals surface area contributed by atoms with Crippen molar-refractivity contribution in [2.75, 3.05) is 18.9 Å². The van der Waals surface area contributed by atoms with Crippen molar-refractivity contribution in [3.63, 3.8) is 0 Å². The highest BCUT2D eigenvalue weighted by atomic mass is 32.1. The number of carbonyl (C=O) groups excluding carboxylic acids is 3. The summed E-state index contributed by atoms with van der Waals surface area (Å²) in [5, 5.41) is 14.0. The molecule has 0 fully saturated rings. The van der Waals surface area contributed by atoms with Crippen molar-refractivity contribution in [1.29, 1.82) is 0 Å². The number of nitrogens with one attached hydrogen (secondary N) is 2. The molecule has 12 heteroatoms. The molecule has 3 amide bonds. The van der Waals surface area contributed by atoms with Crippen molar-refractivity contribution < 1.29 is 19.1 Å². The second kappa shape index (κ2) is 12.1. The Morgan fingerprint density at radius 1 is 0.977 bits per heavy atom. The Morgan fingerprint density at radius 2 is 1.64 bits per heavy atom. The predicted octanol–water partition coefficient (Wildman–Crippen LogP) is 5.44. The molecule has 1 aliphatic rings. The van der Waals surface area contributed by atoms with Crippen LogP contribution in [0.2, 0.25) is 0 Å². The number of hydrogen-bond acceptors (Lipinski definition) is 9. The van der Waals surface area contributed by atoms with Crippen molar-refractivity contribution in [3.05, 3.63) is 75.9 Å². The van der Waals surface area contributed by atoms with Crippen LogP contribution in [0.15, 0.2) is 48.5 Å². The smallest absolute Gasteiger partial charge is 0.282 e. The van der Waals surface area contributed by atoms with Gasteiger partial charge in [-0.15, -0.1) is 10.2 Å². The highest BCUT2D eigenvalue weighted by molar-refractivity contribution is 7.17. The average molecular weight is 614 g/mol. The number of fused-ring (bicyclic) bond motifs is 2. The molecule has 0 saturated heterocycles. The lowest BCUT2D eigenvalue weighted by atomic mass is 9.70. The van der Waals surface area contributed by atoms with Crippen molar-refractivity contribution in [3.8, 4) is 23.0 Å². The van der Waals surface area contributed by atoms with E-state index in [-0.39, 0.29) is 33.9 Å². The highest BCUT2D eigenvalue weighted by Crippen LogP contribution is 2.51. The van der Waals surface area contributed by atoms with Gasteiger partial charge in [0.15, 0.2) is 0 Å². The second-order valence-corrected chi connectivity index (χ2v) is 12.6. The van der Waals surface area contributed by atoms with Gasteiger partial charge in [-0.25, -0.2) is 9.97 Å². The number of aromatic nitrogens is 4. The zero-order valence-corrected chi connectivity index (χ0v) is 26.6. The monoisotopic (exact) mass is 613 g/mol. The molecule has 0 spiro atoms. The van der Waals surface area contributed by atoms with Crippen molar-refractivity contribution in [2.24, 2.45) is 5.41 Å². The maximum absolute atomic E-state index is 13.8. The standard InChI is InChI=1S/C32H35N7O4S/c1-8-39(7)29(41)20-12-10-19(11-13-20)23-16-15-22-24(21-14-9-18(4)34-26(21)43-27(22)35-23)32(5,6)30(42)36-31-38-37-28(44-31)25(40)33-17(2)3/h9-17,24H,8H2,1-7H3,(H,33,40)(H,36,38,42)/t24-/m0/s1. The number of rotatable bonds is 8. The van der Waals surface area contributed by atoms with E-state index in [1.165, 1.54) is 0 Å². The third-order valence-electron chi connectivity index (χ3n) is 7.55. The van der Waals surface area contributed by atoms with Crippen molar-refractivity contribution in [1.82, 2.24) is 30.4 Å². The molecule has 4 heterocycles. The molecule has 4 aromatic rings. The molecule has 1 aromatic carbocycles. The summed E-state index contributed by atoms with van der Waals surface area (Å²) in [4.78, 5) is 49.9. The first-order chi connectivity index (χ1) is 20.9. The van der Waals surface area contributed by atoms with Gasteiger partial charge in [0.05, 0.1) is 11.1 Å². The molecule has 44 heavy (non-hydrogen) atoms. The minimum Gasteiger partial charge on any atom is -0.420 e. The van der Waals surface area contributed by atoms with Gasteiger partial charge in [0.2, 0.25) is 27.8 Å². The van der Waals surface area contributed by atoms with E-state index in [1.54, 1.807) is 24.1 Å². The summed E-state index contributed by atoms with van der Waals surface area (Å²) in [6.07, 6.45) is 0. The fourth-order valence-corrected chi connectivity index (χ4v) is 5.66. The molecular weight excluding hydrogens is 578 g/mol. The summed E-state index contributed by atoms with van der Waals surface area (Å²) in [6, 6.07) is 14.9. The minimum absolute atomic E-state index is 0.0502. The van der Waals surface area contributed by atoms with Crippen LogP contribution in [0.4, 0.5) is 5.13 Å². The topological polar surface area (TPSA) is 139 Å². The van der Waals surface area contributed by atoms with Gasteiger partial charge in [-0.1, -0.05) is 49.4 Å². The van der Waals surface area contributed by atoms with Crippen LogP contribution in [0.1, 0.15) is 77.5 Å². The molecule has 0 saturated carbocycles. The Labute approximate surface area is 260 Å². The van der Waals surface area contributed by atoms with E-state index in [0.29, 0.717) is 29.6 Å². The quantitative estimate of drug-likeness (QED) is 0.268. The molecule has 1 aliphatic heterocycles. The molecule has 0 bridgehead atoms. The Hall–Kier alpha value is -4.71. The highest BCUT2D eigenvalue weighted by Gasteiger charge is 2.45.